The average Bonchev–Trinajstić information content (AvgIpc) is 3.11. The normalized spacial score (nSPS) is 11.4. The fourth-order valence-electron chi connectivity index (χ4n) is 3.35. The SMILES string of the molecule is CCCCCCSc1ccc2nn(-c3cc(C)cc(CCCC)c3O)nc2c1. The molecular formula is C23H31N3OS. The third kappa shape index (κ3) is 5.07. The van der Waals surface area contributed by atoms with Crippen LogP contribution in [0.5, 0.6) is 5.75 Å². The Labute approximate surface area is 172 Å². The Morgan fingerprint density at radius 3 is 2.50 bits per heavy atom. The van der Waals surface area contributed by atoms with Crippen LogP contribution >= 0.6 is 11.8 Å². The van der Waals surface area contributed by atoms with Crippen molar-refractivity contribution < 1.29 is 5.11 Å². The average molecular weight is 398 g/mol. The van der Waals surface area contributed by atoms with Crippen LogP contribution in [0.25, 0.3) is 16.7 Å². The highest BCUT2D eigenvalue weighted by Gasteiger charge is 2.14. The quantitative estimate of drug-likeness (QED) is 0.315. The van der Waals surface area contributed by atoms with Crippen molar-refractivity contribution in [2.24, 2.45) is 0 Å². The summed E-state index contributed by atoms with van der Waals surface area (Å²) in [5.74, 6) is 1.43. The fraction of sp³-hybridized carbons (Fsp3) is 0.478. The van der Waals surface area contributed by atoms with Gasteiger partial charge in [-0.25, -0.2) is 0 Å². The van der Waals surface area contributed by atoms with E-state index in [4.69, 9.17) is 0 Å². The van der Waals surface area contributed by atoms with Crippen LogP contribution in [-0.2, 0) is 6.42 Å². The lowest BCUT2D eigenvalue weighted by atomic mass is 10.0. The number of phenols is 1. The zero-order valence-electron chi connectivity index (χ0n) is 17.2. The first kappa shape index (κ1) is 20.7. The molecule has 0 aliphatic carbocycles. The molecule has 0 saturated heterocycles. The molecule has 0 bridgehead atoms. The zero-order chi connectivity index (χ0) is 19.9. The molecule has 0 fully saturated rings. The van der Waals surface area contributed by atoms with Crippen LogP contribution < -0.4 is 0 Å². The Balaban J connectivity index is 1.81. The van der Waals surface area contributed by atoms with Crippen molar-refractivity contribution in [2.75, 3.05) is 5.75 Å². The fourth-order valence-corrected chi connectivity index (χ4v) is 4.30. The van der Waals surface area contributed by atoms with Crippen molar-refractivity contribution >= 4 is 22.8 Å². The lowest BCUT2D eigenvalue weighted by Crippen LogP contribution is -2.02. The van der Waals surface area contributed by atoms with Gasteiger partial charge in [-0.1, -0.05) is 45.6 Å². The van der Waals surface area contributed by atoms with Crippen molar-refractivity contribution in [1.29, 1.82) is 0 Å². The minimum atomic E-state index is 0.296. The van der Waals surface area contributed by atoms with Gasteiger partial charge in [-0.05, 0) is 67.3 Å². The maximum absolute atomic E-state index is 10.8. The standard InChI is InChI=1S/C23H31N3OS/c1-4-6-8-9-13-28-19-11-12-20-21(16-19)25-26(24-20)22-15-17(3)14-18(23(22)27)10-7-5-2/h11-12,14-16,27H,4-10,13H2,1-3H3. The number of fused-ring (bicyclic) bond motifs is 1. The maximum atomic E-state index is 10.8. The highest BCUT2D eigenvalue weighted by Crippen LogP contribution is 2.30. The third-order valence-electron chi connectivity index (χ3n) is 4.95. The molecule has 1 aromatic heterocycles. The van der Waals surface area contributed by atoms with E-state index in [-0.39, 0.29) is 0 Å². The summed E-state index contributed by atoms with van der Waals surface area (Å²) >= 11 is 1.88. The Kier molecular flexibility index (Phi) is 7.37. The zero-order valence-corrected chi connectivity index (χ0v) is 18.1. The molecule has 0 atom stereocenters. The summed E-state index contributed by atoms with van der Waals surface area (Å²) < 4.78 is 0. The summed E-state index contributed by atoms with van der Waals surface area (Å²) in [7, 11) is 0. The number of aromatic hydroxyl groups is 1. The first-order chi connectivity index (χ1) is 13.6. The summed E-state index contributed by atoms with van der Waals surface area (Å²) in [6.45, 7) is 6.45. The van der Waals surface area contributed by atoms with Gasteiger partial charge in [-0.15, -0.1) is 26.8 Å². The van der Waals surface area contributed by atoms with Crippen LogP contribution in [0.15, 0.2) is 35.2 Å². The van der Waals surface area contributed by atoms with E-state index >= 15 is 0 Å². The topological polar surface area (TPSA) is 50.9 Å². The van der Waals surface area contributed by atoms with E-state index in [9.17, 15) is 5.11 Å². The molecule has 0 aliphatic heterocycles. The van der Waals surface area contributed by atoms with Crippen molar-refractivity contribution in [1.82, 2.24) is 15.0 Å². The molecule has 2 aromatic carbocycles. The number of thioether (sulfide) groups is 1. The van der Waals surface area contributed by atoms with E-state index in [1.54, 1.807) is 4.80 Å². The minimum Gasteiger partial charge on any atom is -0.505 e. The van der Waals surface area contributed by atoms with Gasteiger partial charge < -0.3 is 5.11 Å². The van der Waals surface area contributed by atoms with Crippen molar-refractivity contribution in [3.63, 3.8) is 0 Å². The number of aromatic nitrogens is 3. The van der Waals surface area contributed by atoms with Crippen LogP contribution in [0.1, 0.15) is 63.5 Å². The molecular weight excluding hydrogens is 366 g/mol. The second-order valence-electron chi connectivity index (χ2n) is 7.44. The van der Waals surface area contributed by atoms with Crippen molar-refractivity contribution in [3.8, 4) is 11.4 Å². The van der Waals surface area contributed by atoms with E-state index in [2.05, 4.69) is 49.2 Å². The van der Waals surface area contributed by atoms with Crippen molar-refractivity contribution in [2.45, 2.75) is 70.6 Å². The number of nitrogens with zero attached hydrogens (tertiary/aromatic N) is 3. The van der Waals surface area contributed by atoms with E-state index in [1.165, 1.54) is 30.6 Å². The van der Waals surface area contributed by atoms with Gasteiger partial charge in [0.05, 0.1) is 0 Å². The Morgan fingerprint density at radius 2 is 1.71 bits per heavy atom. The molecule has 5 heteroatoms. The Morgan fingerprint density at radius 1 is 0.929 bits per heavy atom. The predicted molar refractivity (Wildman–Crippen MR) is 119 cm³/mol. The first-order valence-corrected chi connectivity index (χ1v) is 11.4. The highest BCUT2D eigenvalue weighted by molar-refractivity contribution is 7.99. The molecule has 1 N–H and O–H groups in total. The lowest BCUT2D eigenvalue weighted by molar-refractivity contribution is 0.459. The number of benzene rings is 2. The first-order valence-electron chi connectivity index (χ1n) is 10.4. The molecule has 3 aromatic rings. The van der Waals surface area contributed by atoms with Crippen LogP contribution in [-0.4, -0.2) is 25.9 Å². The van der Waals surface area contributed by atoms with Crippen LogP contribution in [0.4, 0.5) is 0 Å². The van der Waals surface area contributed by atoms with Gasteiger partial charge in [0, 0.05) is 4.90 Å². The van der Waals surface area contributed by atoms with E-state index in [0.717, 1.165) is 47.2 Å². The number of rotatable bonds is 10. The molecule has 3 rings (SSSR count). The van der Waals surface area contributed by atoms with Gasteiger partial charge in [-0.3, -0.25) is 0 Å². The van der Waals surface area contributed by atoms with Crippen LogP contribution in [0.3, 0.4) is 0 Å². The third-order valence-corrected chi connectivity index (χ3v) is 6.03. The van der Waals surface area contributed by atoms with Crippen molar-refractivity contribution in [3.05, 3.63) is 41.5 Å². The second kappa shape index (κ2) is 9.97. The number of unbranched alkanes of at least 4 members (excludes halogenated alkanes) is 4. The minimum absolute atomic E-state index is 0.296. The largest absolute Gasteiger partial charge is 0.505 e. The van der Waals surface area contributed by atoms with Gasteiger partial charge in [-0.2, -0.15) is 0 Å². The molecule has 0 aliphatic rings. The summed E-state index contributed by atoms with van der Waals surface area (Å²) in [5, 5.41) is 20.0. The van der Waals surface area contributed by atoms with E-state index in [1.807, 2.05) is 23.9 Å². The number of hydrogen-bond donors (Lipinski definition) is 1. The molecule has 0 amide bonds. The molecule has 0 spiro atoms. The number of hydrogen-bond acceptors (Lipinski definition) is 4. The summed E-state index contributed by atoms with van der Waals surface area (Å²) in [6, 6.07) is 10.3. The van der Waals surface area contributed by atoms with Gasteiger partial charge in [0.25, 0.3) is 0 Å². The molecule has 1 heterocycles. The second-order valence-corrected chi connectivity index (χ2v) is 8.61. The molecule has 150 valence electrons. The molecule has 4 nitrogen and oxygen atoms in total. The molecule has 0 saturated carbocycles. The molecule has 28 heavy (non-hydrogen) atoms. The van der Waals surface area contributed by atoms with Gasteiger partial charge >= 0.3 is 0 Å². The smallest absolute Gasteiger partial charge is 0.146 e. The summed E-state index contributed by atoms with van der Waals surface area (Å²) in [5.41, 5.74) is 4.47. The lowest BCUT2D eigenvalue weighted by Gasteiger charge is -2.10. The predicted octanol–water partition coefficient (Wildman–Crippen LogP) is 6.45. The number of aryl methyl sites for hydroxylation is 2. The molecule has 0 unspecified atom stereocenters. The monoisotopic (exact) mass is 397 g/mol. The summed E-state index contributed by atoms with van der Waals surface area (Å²) in [4.78, 5) is 2.81. The van der Waals surface area contributed by atoms with Gasteiger partial charge in [0.15, 0.2) is 0 Å². The number of phenolic OH excluding ortho intramolecular Hbond substituents is 1. The van der Waals surface area contributed by atoms with E-state index < -0.39 is 0 Å². The van der Waals surface area contributed by atoms with Gasteiger partial charge in [0.1, 0.15) is 22.5 Å². The van der Waals surface area contributed by atoms with E-state index in [0.29, 0.717) is 11.4 Å². The Bertz CT molecular complexity index is 920. The maximum Gasteiger partial charge on any atom is 0.146 e. The van der Waals surface area contributed by atoms with Gasteiger partial charge in [0.2, 0.25) is 0 Å². The molecule has 0 radical (unpaired) electrons. The highest BCUT2D eigenvalue weighted by atomic mass is 32.2. The van der Waals surface area contributed by atoms with Crippen LogP contribution in [0.2, 0.25) is 0 Å². The Hall–Kier alpha value is -2.01. The van der Waals surface area contributed by atoms with Crippen LogP contribution in [0, 0.1) is 6.92 Å². The summed E-state index contributed by atoms with van der Waals surface area (Å²) in [6.07, 6.45) is 8.17.